The normalized spacial score (nSPS) is 11.5. The maximum Gasteiger partial charge on any atom is 0.257 e. The summed E-state index contributed by atoms with van der Waals surface area (Å²) >= 11 is 0. The van der Waals surface area contributed by atoms with E-state index in [9.17, 15) is 20.1 Å². The van der Waals surface area contributed by atoms with Crippen molar-refractivity contribution in [1.29, 1.82) is 0 Å². The first-order valence-electron chi connectivity index (χ1n) is 9.86. The molecule has 0 saturated heterocycles. The van der Waals surface area contributed by atoms with Gasteiger partial charge in [0.1, 0.15) is 11.4 Å². The summed E-state index contributed by atoms with van der Waals surface area (Å²) in [5.74, 6) is -0.597. The van der Waals surface area contributed by atoms with Crippen LogP contribution in [0, 0.1) is 0 Å². The van der Waals surface area contributed by atoms with E-state index in [1.54, 1.807) is 45.3 Å². The number of anilines is 2. The molecule has 0 radical (unpaired) electrons. The maximum absolute atomic E-state index is 12.3. The zero-order valence-electron chi connectivity index (χ0n) is 17.9. The number of para-hydroxylation sites is 1. The molecule has 3 aromatic rings. The van der Waals surface area contributed by atoms with Crippen molar-refractivity contribution in [2.75, 3.05) is 19.4 Å². The number of phenolic OH excluding ortho intramolecular Hbond substituents is 1. The Labute approximate surface area is 179 Å². The largest absolute Gasteiger partial charge is 0.505 e. The lowest BCUT2D eigenvalue weighted by Crippen LogP contribution is -2.21. The van der Waals surface area contributed by atoms with Crippen LogP contribution < -0.4 is 5.32 Å². The van der Waals surface area contributed by atoms with Gasteiger partial charge in [-0.25, -0.2) is 4.99 Å². The van der Waals surface area contributed by atoms with E-state index >= 15 is 0 Å². The summed E-state index contributed by atoms with van der Waals surface area (Å²) in [4.78, 5) is 18.2. The Morgan fingerprint density at radius 2 is 1.87 bits per heavy atom. The fourth-order valence-electron chi connectivity index (χ4n) is 3.18. The van der Waals surface area contributed by atoms with Gasteiger partial charge in [0.25, 0.3) is 5.91 Å². The van der Waals surface area contributed by atoms with Crippen LogP contribution in [0.4, 0.5) is 17.1 Å². The number of aromatic hydroxyl groups is 3. The molecule has 0 unspecified atom stereocenters. The zero-order chi connectivity index (χ0) is 22.7. The van der Waals surface area contributed by atoms with Crippen molar-refractivity contribution < 1.29 is 24.5 Å². The molecule has 31 heavy (non-hydrogen) atoms. The van der Waals surface area contributed by atoms with Gasteiger partial charge in [0.05, 0.1) is 23.2 Å². The predicted octanol–water partition coefficient (Wildman–Crippen LogP) is 4.19. The molecule has 9 heteroatoms. The molecule has 4 N–H and O–H groups in total. The molecule has 0 aliphatic heterocycles. The van der Waals surface area contributed by atoms with Crippen molar-refractivity contribution in [1.82, 2.24) is 9.47 Å². The minimum absolute atomic E-state index is 0.0938. The van der Waals surface area contributed by atoms with Gasteiger partial charge in [-0.3, -0.25) is 9.36 Å². The monoisotopic (exact) mass is 426 g/mol. The van der Waals surface area contributed by atoms with E-state index in [4.69, 9.17) is 4.42 Å². The number of carbonyl (C=O) groups is 1. The molecule has 9 nitrogen and oxygen atoms in total. The molecule has 0 aliphatic carbocycles. The van der Waals surface area contributed by atoms with Gasteiger partial charge in [0, 0.05) is 20.6 Å². The molecule has 1 aromatic carbocycles. The van der Waals surface area contributed by atoms with Gasteiger partial charge in [-0.1, -0.05) is 13.0 Å². The van der Waals surface area contributed by atoms with Crippen LogP contribution in [0.5, 0.6) is 17.5 Å². The molecule has 1 amide bonds. The van der Waals surface area contributed by atoms with Crippen molar-refractivity contribution >= 4 is 28.7 Å². The fraction of sp³-hybridized carbons (Fsp3) is 0.273. The lowest BCUT2D eigenvalue weighted by Gasteiger charge is -2.15. The zero-order valence-corrected chi connectivity index (χ0v) is 17.9. The average Bonchev–Trinajstić information content (AvgIpc) is 3.35. The number of hydrogen-bond acceptors (Lipinski definition) is 7. The number of aromatic nitrogens is 1. The Morgan fingerprint density at radius 3 is 2.45 bits per heavy atom. The Morgan fingerprint density at radius 1 is 1.13 bits per heavy atom. The summed E-state index contributed by atoms with van der Waals surface area (Å²) in [6.45, 7) is 3.94. The second-order valence-electron chi connectivity index (χ2n) is 7.03. The van der Waals surface area contributed by atoms with Gasteiger partial charge < -0.3 is 30.0 Å². The number of carbonyl (C=O) groups excluding carboxylic acids is 1. The molecule has 0 aliphatic rings. The SMILES string of the molecule is CCC(=Nc1c(Nc2cccc(C(=O)N(C)C)c2O)c(O)n(CC)c1O)c1ccco1. The molecule has 0 spiro atoms. The number of nitrogens with zero attached hydrogens (tertiary/aromatic N) is 3. The number of amides is 1. The van der Waals surface area contributed by atoms with E-state index in [1.807, 2.05) is 6.92 Å². The number of benzene rings is 1. The quantitative estimate of drug-likeness (QED) is 0.332. The number of rotatable bonds is 7. The highest BCUT2D eigenvalue weighted by atomic mass is 16.3. The third-order valence-corrected chi connectivity index (χ3v) is 4.82. The highest BCUT2D eigenvalue weighted by molar-refractivity contribution is 6.02. The molecule has 0 bridgehead atoms. The number of phenols is 1. The fourth-order valence-corrected chi connectivity index (χ4v) is 3.18. The van der Waals surface area contributed by atoms with Gasteiger partial charge in [0.2, 0.25) is 11.8 Å². The number of aliphatic imine (C=N–C) groups is 1. The third-order valence-electron chi connectivity index (χ3n) is 4.82. The lowest BCUT2D eigenvalue weighted by molar-refractivity contribution is 0.0824. The van der Waals surface area contributed by atoms with Crippen molar-refractivity contribution in [3.8, 4) is 17.5 Å². The van der Waals surface area contributed by atoms with E-state index in [0.717, 1.165) is 0 Å². The summed E-state index contributed by atoms with van der Waals surface area (Å²) in [7, 11) is 3.17. The van der Waals surface area contributed by atoms with E-state index < -0.39 is 0 Å². The van der Waals surface area contributed by atoms with Crippen LogP contribution in [0.25, 0.3) is 0 Å². The van der Waals surface area contributed by atoms with Crippen LogP contribution >= 0.6 is 0 Å². The topological polar surface area (TPSA) is 123 Å². The molecular weight excluding hydrogens is 400 g/mol. The predicted molar refractivity (Wildman–Crippen MR) is 118 cm³/mol. The number of nitrogens with one attached hydrogen (secondary N) is 1. The van der Waals surface area contributed by atoms with Crippen LogP contribution in [0.2, 0.25) is 0 Å². The lowest BCUT2D eigenvalue weighted by atomic mass is 10.1. The average molecular weight is 426 g/mol. The summed E-state index contributed by atoms with van der Waals surface area (Å²) in [5, 5.41) is 35.0. The van der Waals surface area contributed by atoms with E-state index in [2.05, 4.69) is 10.3 Å². The van der Waals surface area contributed by atoms with Gasteiger partial charge in [-0.15, -0.1) is 0 Å². The van der Waals surface area contributed by atoms with Crippen LogP contribution in [0.1, 0.15) is 36.4 Å². The van der Waals surface area contributed by atoms with Crippen LogP contribution in [-0.2, 0) is 6.54 Å². The summed E-state index contributed by atoms with van der Waals surface area (Å²) in [6.07, 6.45) is 2.04. The minimum atomic E-state index is -0.372. The number of furan rings is 1. The molecule has 2 aromatic heterocycles. The minimum Gasteiger partial charge on any atom is -0.505 e. The first-order chi connectivity index (χ1) is 14.8. The molecule has 3 rings (SSSR count). The van der Waals surface area contributed by atoms with E-state index in [-0.39, 0.29) is 52.6 Å². The van der Waals surface area contributed by atoms with E-state index in [0.29, 0.717) is 17.9 Å². The highest BCUT2D eigenvalue weighted by Gasteiger charge is 2.25. The Kier molecular flexibility index (Phi) is 6.24. The maximum atomic E-state index is 12.3. The second kappa shape index (κ2) is 8.86. The molecule has 0 saturated carbocycles. The standard InChI is InChI=1S/C22H26N4O5/c1-5-14(16-11-8-12-31-16)23-17-18(22(30)26(6-2)21(17)29)24-15-10-7-9-13(19(15)27)20(28)25(3)4/h7-12,24,27,29-30H,5-6H2,1-4H3. The molecule has 2 heterocycles. The smallest absolute Gasteiger partial charge is 0.257 e. The van der Waals surface area contributed by atoms with Gasteiger partial charge in [-0.05, 0) is 37.6 Å². The Bertz CT molecular complexity index is 1110. The van der Waals surface area contributed by atoms with Gasteiger partial charge in [-0.2, -0.15) is 0 Å². The van der Waals surface area contributed by atoms with Crippen LogP contribution in [0.3, 0.4) is 0 Å². The molecule has 0 fully saturated rings. The number of hydrogen-bond donors (Lipinski definition) is 4. The van der Waals surface area contributed by atoms with Gasteiger partial charge in [0.15, 0.2) is 11.4 Å². The third kappa shape index (κ3) is 4.07. The van der Waals surface area contributed by atoms with Crippen molar-refractivity contribution in [3.05, 3.63) is 47.9 Å². The van der Waals surface area contributed by atoms with Gasteiger partial charge >= 0.3 is 0 Å². The Hall–Kier alpha value is -3.88. The first-order valence-corrected chi connectivity index (χ1v) is 9.86. The summed E-state index contributed by atoms with van der Waals surface area (Å²) in [5.41, 5.74) is 1.04. The first kappa shape index (κ1) is 21.8. The molecular formula is C22H26N4O5. The Balaban J connectivity index is 2.13. The highest BCUT2D eigenvalue weighted by Crippen LogP contribution is 2.48. The van der Waals surface area contributed by atoms with E-state index in [1.165, 1.54) is 21.8 Å². The van der Waals surface area contributed by atoms with Crippen LogP contribution in [-0.4, -0.2) is 50.5 Å². The molecule has 164 valence electrons. The summed E-state index contributed by atoms with van der Waals surface area (Å²) in [6, 6.07) is 8.16. The second-order valence-corrected chi connectivity index (χ2v) is 7.03. The van der Waals surface area contributed by atoms with Crippen molar-refractivity contribution in [2.24, 2.45) is 4.99 Å². The summed E-state index contributed by atoms with van der Waals surface area (Å²) < 4.78 is 6.70. The molecule has 0 atom stereocenters. The van der Waals surface area contributed by atoms with Crippen LogP contribution in [0.15, 0.2) is 46.0 Å². The van der Waals surface area contributed by atoms with Crippen molar-refractivity contribution in [2.45, 2.75) is 26.8 Å². The van der Waals surface area contributed by atoms with Crippen molar-refractivity contribution in [3.63, 3.8) is 0 Å².